The van der Waals surface area contributed by atoms with Gasteiger partial charge in [0.25, 0.3) is 11.8 Å². The summed E-state index contributed by atoms with van der Waals surface area (Å²) in [7, 11) is 0. The molecule has 2 aliphatic heterocycles. The lowest BCUT2D eigenvalue weighted by Crippen LogP contribution is -2.45. The van der Waals surface area contributed by atoms with Crippen LogP contribution in [-0.2, 0) is 57.9 Å². The first kappa shape index (κ1) is 63.5. The lowest BCUT2D eigenvalue weighted by atomic mass is 10.0. The van der Waals surface area contributed by atoms with Gasteiger partial charge in [-0.3, -0.25) is 29.1 Å². The van der Waals surface area contributed by atoms with Gasteiger partial charge >= 0.3 is 5.97 Å². The van der Waals surface area contributed by atoms with Crippen molar-refractivity contribution in [3.63, 3.8) is 0 Å². The molecule has 2 aromatic carbocycles. The van der Waals surface area contributed by atoms with Gasteiger partial charge < -0.3 is 46.1 Å². The Morgan fingerprint density at radius 2 is 1.13 bits per heavy atom. The first-order chi connectivity index (χ1) is 40.7. The number of pyridine rings is 2. The Hall–Kier alpha value is -8.53. The minimum absolute atomic E-state index is 0. The van der Waals surface area contributed by atoms with Gasteiger partial charge in [-0.15, -0.1) is 0 Å². The highest BCUT2D eigenvalue weighted by Gasteiger charge is 2.40. The van der Waals surface area contributed by atoms with Crippen LogP contribution in [0.2, 0.25) is 0 Å². The Bertz CT molecular complexity index is 4120. The number of benzene rings is 2. The molecular weight excluding hydrogens is 1160 g/mol. The molecule has 26 heteroatoms. The second kappa shape index (κ2) is 27.7. The monoisotopic (exact) mass is 1230 g/mol. The summed E-state index contributed by atoms with van der Waals surface area (Å²) in [6.45, 7) is 7.43. The predicted molar refractivity (Wildman–Crippen MR) is 331 cm³/mol. The molecule has 10 aromatic rings. The molecule has 8 aromatic heterocycles. The van der Waals surface area contributed by atoms with E-state index in [2.05, 4.69) is 57.8 Å². The van der Waals surface area contributed by atoms with Crippen molar-refractivity contribution in [2.45, 2.75) is 103 Å². The highest BCUT2D eigenvalue weighted by atomic mass is 32.8. The average Bonchev–Trinajstić information content (AvgIpc) is 2.09. The highest BCUT2D eigenvalue weighted by molar-refractivity contribution is 8.07. The van der Waals surface area contributed by atoms with Crippen LogP contribution in [0.15, 0.2) is 122 Å². The summed E-state index contributed by atoms with van der Waals surface area (Å²) in [5, 5.41) is 42.9. The van der Waals surface area contributed by atoms with Crippen LogP contribution in [0.4, 0.5) is 8.78 Å². The number of aromatic nitrogens is 10. The van der Waals surface area contributed by atoms with Crippen LogP contribution in [0.1, 0.15) is 67.7 Å². The van der Waals surface area contributed by atoms with E-state index in [0.717, 1.165) is 62.0 Å². The van der Waals surface area contributed by atoms with Gasteiger partial charge in [-0.05, 0) is 93.8 Å². The van der Waals surface area contributed by atoms with Crippen molar-refractivity contribution in [1.29, 1.82) is 0 Å². The molecular formula is C60H64F2N14O7S3. The standard InChI is InChI=1S/C30H30FN7O3.C18H15N5O3.C12H17FN2O.S2.H2S/c1-17-4-3-5-22(34-17)11-27(39)26-10-21(31)14-37(26)29(40)16-36-15-24(30(32)41)23-9-19(6-7-25(23)36)20-12-33-28-8-18(2)35-38(28)13-20;1-10-4-16-20-6-12(7-23(16)21-10)11-2-3-15-13(5-11)14(18(19)26)8-22(15)9-17(24)25;1-8-3-2-4-10(15-8)6-12(16)11-5-9(13)7-14-11;1-2;/h3-9,12-13,15,21,26-27,39H,10-11,14,16H2,1-2H3,(H2,32,41);2-8H,9H2,1H3,(H2,19,26)(H,24,25);2-4,9,11-12,14,16H,5-7H2,1H3;;1H2/t21-,26-,27?;;9-,11-,12?;;/m1.1../s1. The normalized spacial score (nSPS) is 17.0. The van der Waals surface area contributed by atoms with E-state index in [-0.39, 0.29) is 69.0 Å². The maximum absolute atomic E-state index is 14.6. The number of halogens is 2. The van der Waals surface area contributed by atoms with Crippen molar-refractivity contribution < 1.29 is 43.3 Å². The zero-order chi connectivity index (χ0) is 60.8. The van der Waals surface area contributed by atoms with Crippen molar-refractivity contribution in [3.8, 4) is 22.3 Å². The van der Waals surface area contributed by atoms with Crippen molar-refractivity contribution >= 4 is 92.7 Å². The number of likely N-dealkylation sites (tertiary alicyclic amines) is 1. The third-order valence-electron chi connectivity index (χ3n) is 14.8. The maximum atomic E-state index is 14.6. The fourth-order valence-corrected chi connectivity index (χ4v) is 10.9. The molecule has 86 heavy (non-hydrogen) atoms. The Labute approximate surface area is 509 Å². The van der Waals surface area contributed by atoms with Crippen molar-refractivity contribution in [1.82, 2.24) is 58.5 Å². The van der Waals surface area contributed by atoms with E-state index in [9.17, 15) is 38.2 Å². The number of carbonyl (C=O) groups is 4. The SMILES string of the molecule is Cc1cc2ncc(-c3ccc4c(c3)c(C(N)=O)cn4CC(=O)O)cn2n1.Cc1cccc(CC(O)[C@H]2C[C@@H](F)CN2)n1.Cc1cccc(CC(O)[C@H]2C[C@@H](F)CN2C(=O)Cn2cc(C(N)=O)c3cc(-c4cnc5cc(C)nn5c4)ccc32)n1.S.S=S. The molecule has 2 saturated heterocycles. The number of aliphatic hydroxyl groups is 2. The lowest BCUT2D eigenvalue weighted by Gasteiger charge is -2.28. The molecule has 0 radical (unpaired) electrons. The number of carboxylic acids is 1. The van der Waals surface area contributed by atoms with Crippen LogP contribution in [0.5, 0.6) is 0 Å². The van der Waals surface area contributed by atoms with E-state index < -0.39 is 48.4 Å². The van der Waals surface area contributed by atoms with Crippen molar-refractivity contribution in [3.05, 3.63) is 167 Å². The quantitative estimate of drug-likeness (QED) is 0.0733. The van der Waals surface area contributed by atoms with Crippen LogP contribution in [0.3, 0.4) is 0 Å². The number of primary amides is 2. The molecule has 448 valence electrons. The number of hydrogen-bond acceptors (Lipinski definition) is 15. The van der Waals surface area contributed by atoms with E-state index in [1.807, 2.05) is 113 Å². The Kier molecular flexibility index (Phi) is 20.4. The molecule has 0 spiro atoms. The Morgan fingerprint density at radius 3 is 1.58 bits per heavy atom. The number of nitrogens with two attached hydrogens (primary N) is 2. The zero-order valence-electron chi connectivity index (χ0n) is 47.3. The topological polar surface area (TPSA) is 292 Å². The molecule has 0 bridgehead atoms. The van der Waals surface area contributed by atoms with Crippen LogP contribution >= 0.6 is 13.5 Å². The number of hydrogen-bond donors (Lipinski definition) is 6. The fraction of sp³-hybridized carbons (Fsp3) is 0.300. The number of carbonyl (C=O) groups excluding carboxylic acids is 3. The second-order valence-corrected chi connectivity index (χ2v) is 21.2. The molecule has 3 amide bonds. The summed E-state index contributed by atoms with van der Waals surface area (Å²) in [5.74, 6) is -2.58. The highest BCUT2D eigenvalue weighted by Crippen LogP contribution is 2.32. The molecule has 2 unspecified atom stereocenters. The van der Waals surface area contributed by atoms with Gasteiger partial charge in [0.1, 0.15) is 25.4 Å². The molecule has 0 saturated carbocycles. The van der Waals surface area contributed by atoms with Crippen molar-refractivity contribution in [2.24, 2.45) is 11.5 Å². The number of nitrogens with zero attached hydrogens (tertiary/aromatic N) is 11. The molecule has 12 rings (SSSR count). The summed E-state index contributed by atoms with van der Waals surface area (Å²) >= 11 is 7.33. The average molecular weight is 1230 g/mol. The molecule has 2 fully saturated rings. The third-order valence-corrected chi connectivity index (χ3v) is 14.8. The number of aryl methyl sites for hydroxylation is 4. The Balaban J connectivity index is 0.000000182. The maximum Gasteiger partial charge on any atom is 0.323 e. The van der Waals surface area contributed by atoms with Gasteiger partial charge in [-0.1, -0.05) is 24.3 Å². The van der Waals surface area contributed by atoms with Crippen LogP contribution in [-0.4, -0.2) is 142 Å². The largest absolute Gasteiger partial charge is 0.480 e. The van der Waals surface area contributed by atoms with E-state index >= 15 is 0 Å². The smallest absolute Gasteiger partial charge is 0.323 e. The first-order valence-corrected chi connectivity index (χ1v) is 28.5. The van der Waals surface area contributed by atoms with Gasteiger partial charge in [0, 0.05) is 159 Å². The number of aliphatic carboxylic acids is 1. The summed E-state index contributed by atoms with van der Waals surface area (Å²) in [4.78, 5) is 67.7. The van der Waals surface area contributed by atoms with Crippen molar-refractivity contribution in [2.75, 3.05) is 13.1 Å². The van der Waals surface area contributed by atoms with Gasteiger partial charge in [0.15, 0.2) is 11.3 Å². The number of rotatable bonds is 14. The number of nitrogens with one attached hydrogen (secondary N) is 1. The van der Waals surface area contributed by atoms with E-state index in [4.69, 9.17) is 16.6 Å². The summed E-state index contributed by atoms with van der Waals surface area (Å²) < 4.78 is 34.0. The molecule has 10 heterocycles. The minimum Gasteiger partial charge on any atom is -0.480 e. The molecule has 21 nitrogen and oxygen atoms in total. The fourth-order valence-electron chi connectivity index (χ4n) is 10.9. The zero-order valence-corrected chi connectivity index (χ0v) is 49.9. The molecule has 6 atom stereocenters. The molecule has 0 aliphatic carbocycles. The van der Waals surface area contributed by atoms with Gasteiger partial charge in [0.05, 0.1) is 47.3 Å². The van der Waals surface area contributed by atoms with Gasteiger partial charge in [-0.2, -0.15) is 23.7 Å². The number of carboxylic acid groups (broad SMARTS) is 1. The number of aliphatic hydroxyl groups excluding tert-OH is 2. The van der Waals surface area contributed by atoms with E-state index in [0.29, 0.717) is 46.9 Å². The number of alkyl halides is 2. The van der Waals surface area contributed by atoms with E-state index in [1.165, 1.54) is 15.7 Å². The van der Waals surface area contributed by atoms with Crippen LogP contribution in [0, 0.1) is 27.7 Å². The van der Waals surface area contributed by atoms with E-state index in [1.54, 1.807) is 44.3 Å². The minimum atomic E-state index is -1.24. The first-order valence-electron chi connectivity index (χ1n) is 27.1. The Morgan fingerprint density at radius 1 is 0.640 bits per heavy atom. The third kappa shape index (κ3) is 14.7. The summed E-state index contributed by atoms with van der Waals surface area (Å²) in [6.07, 6.45) is 7.76. The second-order valence-electron chi connectivity index (χ2n) is 21.2. The summed E-state index contributed by atoms with van der Waals surface area (Å²) in [5.41, 5.74) is 22.7. The van der Waals surface area contributed by atoms with Gasteiger partial charge in [0.2, 0.25) is 5.91 Å². The molecule has 2 aliphatic rings. The number of amides is 3. The molecule has 8 N–H and O–H groups in total. The van der Waals surface area contributed by atoms with Gasteiger partial charge in [-0.25, -0.2) is 27.8 Å². The predicted octanol–water partition coefficient (Wildman–Crippen LogP) is 5.95. The van der Waals surface area contributed by atoms with Crippen LogP contribution < -0.4 is 16.8 Å². The lowest BCUT2D eigenvalue weighted by molar-refractivity contribution is -0.137. The number of fused-ring (bicyclic) bond motifs is 4. The summed E-state index contributed by atoms with van der Waals surface area (Å²) in [6, 6.07) is 25.2. The van der Waals surface area contributed by atoms with Crippen LogP contribution in [0.25, 0.3) is 55.4 Å².